The van der Waals surface area contributed by atoms with E-state index >= 15 is 0 Å². The lowest BCUT2D eigenvalue weighted by atomic mass is 10.0. The second kappa shape index (κ2) is 4.67. The Kier molecular flexibility index (Phi) is 3.67. The van der Waals surface area contributed by atoms with Crippen LogP contribution in [0.3, 0.4) is 0 Å². The average molecular weight is 367 g/mol. The van der Waals surface area contributed by atoms with Gasteiger partial charge in [-0.3, -0.25) is 0 Å². The fraction of sp³-hybridized carbons (Fsp3) is 0.200. The highest BCUT2D eigenvalue weighted by molar-refractivity contribution is 9.12. The van der Waals surface area contributed by atoms with E-state index in [1.54, 1.807) is 22.7 Å². The lowest BCUT2D eigenvalue weighted by molar-refractivity contribution is 0.870. The Morgan fingerprint density at radius 1 is 1.33 bits per heavy atom. The van der Waals surface area contributed by atoms with Gasteiger partial charge >= 0.3 is 0 Å². The summed E-state index contributed by atoms with van der Waals surface area (Å²) in [5, 5.41) is 2.08. The summed E-state index contributed by atoms with van der Waals surface area (Å²) < 4.78 is 2.21. The predicted octanol–water partition coefficient (Wildman–Crippen LogP) is 4.69. The number of hydrogen-bond acceptors (Lipinski definition) is 3. The molecule has 2 rings (SSSR count). The van der Waals surface area contributed by atoms with Crippen LogP contribution >= 0.6 is 54.5 Å². The molecule has 15 heavy (non-hydrogen) atoms. The zero-order valence-electron chi connectivity index (χ0n) is 7.96. The van der Waals surface area contributed by atoms with E-state index in [0.717, 1.165) is 13.1 Å². The molecule has 0 saturated heterocycles. The van der Waals surface area contributed by atoms with E-state index in [1.165, 1.54) is 10.4 Å². The van der Waals surface area contributed by atoms with Crippen LogP contribution in [0, 0.1) is 6.92 Å². The molecular weight excluding hydrogens is 358 g/mol. The zero-order chi connectivity index (χ0) is 11.0. The molecule has 0 amide bonds. The largest absolute Gasteiger partial charge is 0.320 e. The Balaban J connectivity index is 2.40. The summed E-state index contributed by atoms with van der Waals surface area (Å²) in [5.41, 5.74) is 8.60. The minimum Gasteiger partial charge on any atom is -0.320 e. The summed E-state index contributed by atoms with van der Waals surface area (Å²) in [5.74, 6) is 0. The van der Waals surface area contributed by atoms with Crippen molar-refractivity contribution in [3.05, 3.63) is 41.1 Å². The van der Waals surface area contributed by atoms with E-state index in [1.807, 2.05) is 0 Å². The Morgan fingerprint density at radius 3 is 2.53 bits per heavy atom. The zero-order valence-corrected chi connectivity index (χ0v) is 12.8. The van der Waals surface area contributed by atoms with Crippen LogP contribution in [-0.4, -0.2) is 0 Å². The van der Waals surface area contributed by atoms with Gasteiger partial charge in [0.2, 0.25) is 0 Å². The number of rotatable bonds is 2. The molecule has 0 aliphatic carbocycles. The molecular formula is C10H9Br2NS2. The molecule has 80 valence electrons. The first-order valence-electron chi connectivity index (χ1n) is 4.34. The number of halogens is 2. The van der Waals surface area contributed by atoms with Crippen molar-refractivity contribution in [2.75, 3.05) is 0 Å². The molecule has 0 aromatic carbocycles. The van der Waals surface area contributed by atoms with E-state index in [2.05, 4.69) is 56.3 Å². The summed E-state index contributed by atoms with van der Waals surface area (Å²) in [6, 6.07) is 4.15. The minimum absolute atomic E-state index is 0.0341. The molecule has 2 heterocycles. The van der Waals surface area contributed by atoms with Gasteiger partial charge in [-0.1, -0.05) is 0 Å². The van der Waals surface area contributed by atoms with E-state index in [9.17, 15) is 0 Å². The Labute approximate surface area is 114 Å². The predicted molar refractivity (Wildman–Crippen MR) is 74.8 cm³/mol. The molecule has 0 spiro atoms. The second-order valence-corrected chi connectivity index (χ2v) is 8.06. The molecule has 0 radical (unpaired) electrons. The summed E-state index contributed by atoms with van der Waals surface area (Å²) in [6.07, 6.45) is 0. The quantitative estimate of drug-likeness (QED) is 0.819. The first-order valence-corrected chi connectivity index (χ1v) is 7.62. The first-order chi connectivity index (χ1) is 7.09. The average Bonchev–Trinajstić information content (AvgIpc) is 2.71. The summed E-state index contributed by atoms with van der Waals surface area (Å²) in [7, 11) is 0. The van der Waals surface area contributed by atoms with Crippen molar-refractivity contribution in [1.82, 2.24) is 0 Å². The first kappa shape index (κ1) is 11.8. The van der Waals surface area contributed by atoms with Crippen LogP contribution in [0.5, 0.6) is 0 Å². The summed E-state index contributed by atoms with van der Waals surface area (Å²) in [6.45, 7) is 2.11. The van der Waals surface area contributed by atoms with Crippen LogP contribution in [0.4, 0.5) is 0 Å². The monoisotopic (exact) mass is 365 g/mol. The normalized spacial score (nSPS) is 13.1. The molecule has 2 N–H and O–H groups in total. The molecule has 0 aliphatic heterocycles. The van der Waals surface area contributed by atoms with Crippen molar-refractivity contribution in [3.63, 3.8) is 0 Å². The van der Waals surface area contributed by atoms with E-state index < -0.39 is 0 Å². The Bertz CT molecular complexity index is 475. The molecule has 0 aliphatic rings. The van der Waals surface area contributed by atoms with Crippen LogP contribution in [0.15, 0.2) is 25.1 Å². The van der Waals surface area contributed by atoms with Gasteiger partial charge in [0.1, 0.15) is 0 Å². The minimum atomic E-state index is -0.0341. The Hall–Kier alpha value is 0.320. The SMILES string of the molecule is Cc1sccc1C(N)c1cc(Br)sc1Br. The molecule has 1 unspecified atom stereocenters. The van der Waals surface area contributed by atoms with Gasteiger partial charge in [0.25, 0.3) is 0 Å². The van der Waals surface area contributed by atoms with E-state index in [4.69, 9.17) is 5.73 Å². The van der Waals surface area contributed by atoms with E-state index in [-0.39, 0.29) is 6.04 Å². The topological polar surface area (TPSA) is 26.0 Å². The standard InChI is InChI=1S/C10H9Br2NS2/c1-5-6(2-3-14-5)9(13)7-4-8(11)15-10(7)12/h2-4,9H,13H2,1H3. The maximum atomic E-state index is 6.24. The van der Waals surface area contributed by atoms with Crippen LogP contribution in [0.2, 0.25) is 0 Å². The highest BCUT2D eigenvalue weighted by atomic mass is 79.9. The second-order valence-electron chi connectivity index (χ2n) is 3.19. The molecule has 1 nitrogen and oxygen atoms in total. The number of nitrogens with two attached hydrogens (primary N) is 1. The Morgan fingerprint density at radius 2 is 2.07 bits per heavy atom. The number of thiophene rings is 2. The van der Waals surface area contributed by atoms with Crippen LogP contribution < -0.4 is 5.73 Å². The van der Waals surface area contributed by atoms with Crippen molar-refractivity contribution in [3.8, 4) is 0 Å². The molecule has 2 aromatic heterocycles. The van der Waals surface area contributed by atoms with E-state index in [0.29, 0.717) is 0 Å². The number of hydrogen-bond donors (Lipinski definition) is 1. The van der Waals surface area contributed by atoms with Gasteiger partial charge in [0, 0.05) is 4.88 Å². The smallest absolute Gasteiger partial charge is 0.0761 e. The molecule has 5 heteroatoms. The highest BCUT2D eigenvalue weighted by Crippen LogP contribution is 2.38. The van der Waals surface area contributed by atoms with Crippen molar-refractivity contribution in [2.45, 2.75) is 13.0 Å². The summed E-state index contributed by atoms with van der Waals surface area (Å²) in [4.78, 5) is 1.29. The maximum Gasteiger partial charge on any atom is 0.0761 e. The molecule has 2 aromatic rings. The molecule has 0 fully saturated rings. The highest BCUT2D eigenvalue weighted by Gasteiger charge is 2.17. The van der Waals surface area contributed by atoms with Crippen LogP contribution in [0.1, 0.15) is 22.0 Å². The van der Waals surface area contributed by atoms with Gasteiger partial charge in [-0.2, -0.15) is 0 Å². The van der Waals surface area contributed by atoms with Gasteiger partial charge in [0.05, 0.1) is 13.6 Å². The van der Waals surface area contributed by atoms with Gasteiger partial charge in [-0.25, -0.2) is 0 Å². The lowest BCUT2D eigenvalue weighted by Crippen LogP contribution is -2.11. The maximum absolute atomic E-state index is 6.24. The lowest BCUT2D eigenvalue weighted by Gasteiger charge is -2.10. The third kappa shape index (κ3) is 2.36. The van der Waals surface area contributed by atoms with Crippen molar-refractivity contribution in [1.29, 1.82) is 0 Å². The van der Waals surface area contributed by atoms with Crippen molar-refractivity contribution in [2.24, 2.45) is 5.73 Å². The molecule has 0 saturated carbocycles. The number of aryl methyl sites for hydroxylation is 1. The van der Waals surface area contributed by atoms with Crippen LogP contribution in [-0.2, 0) is 0 Å². The van der Waals surface area contributed by atoms with Gasteiger partial charge in [0.15, 0.2) is 0 Å². The van der Waals surface area contributed by atoms with Gasteiger partial charge in [-0.15, -0.1) is 22.7 Å². The fourth-order valence-corrected chi connectivity index (χ4v) is 5.13. The van der Waals surface area contributed by atoms with Gasteiger partial charge in [-0.05, 0) is 67.4 Å². The fourth-order valence-electron chi connectivity index (χ4n) is 1.45. The summed E-state index contributed by atoms with van der Waals surface area (Å²) >= 11 is 10.4. The van der Waals surface area contributed by atoms with Crippen molar-refractivity contribution < 1.29 is 0 Å². The molecule has 0 bridgehead atoms. The van der Waals surface area contributed by atoms with Crippen molar-refractivity contribution >= 4 is 54.5 Å². The molecule has 1 atom stereocenters. The third-order valence-electron chi connectivity index (χ3n) is 2.25. The van der Waals surface area contributed by atoms with Gasteiger partial charge < -0.3 is 5.73 Å². The van der Waals surface area contributed by atoms with Crippen LogP contribution in [0.25, 0.3) is 0 Å². The third-order valence-corrected chi connectivity index (χ3v) is 5.50.